The topological polar surface area (TPSA) is 52.8 Å². The molecule has 0 spiro atoms. The second kappa shape index (κ2) is 9.96. The number of hydrogen-bond acceptors (Lipinski definition) is 4. The molecule has 0 unspecified atom stereocenters. The lowest BCUT2D eigenvalue weighted by Crippen LogP contribution is -2.17. The van der Waals surface area contributed by atoms with E-state index in [9.17, 15) is 4.79 Å². The average molecular weight is 445 g/mol. The third-order valence-corrected chi connectivity index (χ3v) is 6.08. The van der Waals surface area contributed by atoms with Crippen LogP contribution >= 0.6 is 22.9 Å². The number of hydrogen-bond donors (Lipinski definition) is 0. The quantitative estimate of drug-likeness (QED) is 0.476. The molecule has 0 radical (unpaired) electrons. The number of halogens is 1. The fourth-order valence-corrected chi connectivity index (χ4v) is 4.68. The van der Waals surface area contributed by atoms with Gasteiger partial charge in [0.2, 0.25) is 0 Å². The molecule has 3 aromatic rings. The molecule has 5 nitrogen and oxygen atoms in total. The van der Waals surface area contributed by atoms with Gasteiger partial charge in [0.25, 0.3) is 5.91 Å². The largest absolute Gasteiger partial charge is 0.497 e. The Labute approximate surface area is 185 Å². The number of benzene rings is 2. The lowest BCUT2D eigenvalue weighted by atomic mass is 10.1. The Morgan fingerprint density at radius 2 is 1.70 bits per heavy atom. The van der Waals surface area contributed by atoms with Gasteiger partial charge in [-0.2, -0.15) is 4.99 Å². The van der Waals surface area contributed by atoms with E-state index in [4.69, 9.17) is 21.1 Å². The lowest BCUT2D eigenvalue weighted by molar-refractivity contribution is 0.0997. The summed E-state index contributed by atoms with van der Waals surface area (Å²) in [7, 11) is 3.11. The van der Waals surface area contributed by atoms with E-state index in [1.54, 1.807) is 43.8 Å². The fourth-order valence-electron chi connectivity index (χ4n) is 3.24. The summed E-state index contributed by atoms with van der Waals surface area (Å²) in [6.07, 6.45) is 1.92. The molecule has 0 saturated heterocycles. The molecule has 30 heavy (non-hydrogen) atoms. The van der Waals surface area contributed by atoms with E-state index in [1.165, 1.54) is 4.88 Å². The van der Waals surface area contributed by atoms with E-state index in [0.29, 0.717) is 33.4 Å². The third-order valence-electron chi connectivity index (χ3n) is 4.69. The predicted molar refractivity (Wildman–Crippen MR) is 122 cm³/mol. The van der Waals surface area contributed by atoms with Crippen molar-refractivity contribution in [3.05, 3.63) is 62.7 Å². The molecule has 0 aliphatic rings. The Hall–Kier alpha value is -2.57. The molecular formula is C23H25ClN2O3S. The van der Waals surface area contributed by atoms with Crippen LogP contribution in [0.2, 0.25) is 5.02 Å². The number of thiazole rings is 1. The summed E-state index contributed by atoms with van der Waals surface area (Å²) in [4.78, 5) is 19.3. The molecule has 0 saturated carbocycles. The van der Waals surface area contributed by atoms with Crippen molar-refractivity contribution in [3.8, 4) is 22.8 Å². The number of ether oxygens (including phenoxy) is 2. The molecule has 0 N–H and O–H groups in total. The van der Waals surface area contributed by atoms with Gasteiger partial charge < -0.3 is 14.0 Å². The van der Waals surface area contributed by atoms with E-state index < -0.39 is 0 Å². The van der Waals surface area contributed by atoms with E-state index in [0.717, 1.165) is 24.1 Å². The number of rotatable bonds is 7. The van der Waals surface area contributed by atoms with Crippen LogP contribution in [0, 0.1) is 0 Å². The highest BCUT2D eigenvalue weighted by molar-refractivity contribution is 7.09. The summed E-state index contributed by atoms with van der Waals surface area (Å²) < 4.78 is 12.6. The maximum atomic E-state index is 13.0. The summed E-state index contributed by atoms with van der Waals surface area (Å²) in [6, 6.07) is 12.9. The van der Waals surface area contributed by atoms with E-state index in [2.05, 4.69) is 23.4 Å². The number of aromatic nitrogens is 1. The zero-order valence-electron chi connectivity index (χ0n) is 17.6. The molecule has 1 amide bonds. The van der Waals surface area contributed by atoms with Crippen LogP contribution in [0.1, 0.15) is 35.5 Å². The molecule has 7 heteroatoms. The molecule has 1 heterocycles. The molecular weight excluding hydrogens is 420 g/mol. The van der Waals surface area contributed by atoms with Gasteiger partial charge in [-0.25, -0.2) is 0 Å². The summed E-state index contributed by atoms with van der Waals surface area (Å²) in [6.45, 7) is 4.90. The van der Waals surface area contributed by atoms with Gasteiger partial charge in [0.15, 0.2) is 4.80 Å². The molecule has 158 valence electrons. The summed E-state index contributed by atoms with van der Waals surface area (Å²) >= 11 is 7.63. The number of amides is 1. The van der Waals surface area contributed by atoms with Gasteiger partial charge in [0, 0.05) is 28.1 Å². The van der Waals surface area contributed by atoms with Crippen molar-refractivity contribution in [3.63, 3.8) is 0 Å². The van der Waals surface area contributed by atoms with Crippen LogP contribution in [-0.4, -0.2) is 24.7 Å². The van der Waals surface area contributed by atoms with Crippen LogP contribution < -0.4 is 14.3 Å². The summed E-state index contributed by atoms with van der Waals surface area (Å²) in [5, 5.41) is 0.695. The molecule has 0 aliphatic carbocycles. The normalized spacial score (nSPS) is 11.6. The van der Waals surface area contributed by atoms with Crippen LogP contribution in [0.5, 0.6) is 11.5 Å². The van der Waals surface area contributed by atoms with Crippen molar-refractivity contribution in [2.24, 2.45) is 4.99 Å². The van der Waals surface area contributed by atoms with Crippen molar-refractivity contribution < 1.29 is 14.3 Å². The second-order valence-corrected chi connectivity index (χ2v) is 8.17. The first kappa shape index (κ1) is 22.1. The van der Waals surface area contributed by atoms with Crippen molar-refractivity contribution in [1.82, 2.24) is 4.57 Å². The number of methoxy groups -OCH3 is 2. The minimum atomic E-state index is -0.332. The van der Waals surface area contributed by atoms with E-state index >= 15 is 0 Å². The highest BCUT2D eigenvalue weighted by Gasteiger charge is 2.16. The first-order valence-corrected chi connectivity index (χ1v) is 11.0. The molecule has 0 aliphatic heterocycles. The molecule has 0 atom stereocenters. The minimum absolute atomic E-state index is 0.332. The molecule has 0 fully saturated rings. The van der Waals surface area contributed by atoms with E-state index in [1.807, 2.05) is 24.3 Å². The van der Waals surface area contributed by atoms with Gasteiger partial charge in [0.1, 0.15) is 11.5 Å². The molecule has 0 bridgehead atoms. The third kappa shape index (κ3) is 4.77. The van der Waals surface area contributed by atoms with Crippen LogP contribution in [0.25, 0.3) is 11.3 Å². The van der Waals surface area contributed by atoms with Crippen molar-refractivity contribution in [2.75, 3.05) is 14.2 Å². The molecule has 3 rings (SSSR count). The maximum Gasteiger partial charge on any atom is 0.279 e. The summed E-state index contributed by atoms with van der Waals surface area (Å²) in [5.41, 5.74) is 2.58. The Bertz CT molecular complexity index is 1080. The Kier molecular flexibility index (Phi) is 7.34. The first-order valence-electron chi connectivity index (χ1n) is 9.81. The number of nitrogens with zero attached hydrogens (tertiary/aromatic N) is 2. The van der Waals surface area contributed by atoms with Crippen LogP contribution in [0.15, 0.2) is 47.5 Å². The Morgan fingerprint density at radius 3 is 2.23 bits per heavy atom. The minimum Gasteiger partial charge on any atom is -0.497 e. The number of carbonyl (C=O) groups is 1. The van der Waals surface area contributed by atoms with Gasteiger partial charge in [0.05, 0.1) is 19.9 Å². The molecule has 1 aromatic heterocycles. The van der Waals surface area contributed by atoms with Crippen molar-refractivity contribution in [1.29, 1.82) is 0 Å². The van der Waals surface area contributed by atoms with Crippen molar-refractivity contribution >= 4 is 28.8 Å². The smallest absolute Gasteiger partial charge is 0.279 e. The zero-order valence-corrected chi connectivity index (χ0v) is 19.1. The number of carbonyl (C=O) groups excluding carboxylic acids is 1. The van der Waals surface area contributed by atoms with Crippen molar-refractivity contribution in [2.45, 2.75) is 33.2 Å². The molecule has 2 aromatic carbocycles. The average Bonchev–Trinajstić information content (AvgIpc) is 3.10. The van der Waals surface area contributed by atoms with Crippen LogP contribution in [-0.2, 0) is 13.0 Å². The Morgan fingerprint density at radius 1 is 1.07 bits per heavy atom. The van der Waals surface area contributed by atoms with E-state index in [-0.39, 0.29) is 5.91 Å². The van der Waals surface area contributed by atoms with Gasteiger partial charge in [-0.3, -0.25) is 4.79 Å². The number of aryl methyl sites for hydroxylation is 1. The highest BCUT2D eigenvalue weighted by Crippen LogP contribution is 2.29. The monoisotopic (exact) mass is 444 g/mol. The lowest BCUT2D eigenvalue weighted by Gasteiger charge is -2.09. The second-order valence-electron chi connectivity index (χ2n) is 6.68. The Balaban J connectivity index is 2.13. The first-order chi connectivity index (χ1) is 14.5. The van der Waals surface area contributed by atoms with Gasteiger partial charge in [-0.05, 0) is 43.2 Å². The predicted octanol–water partition coefficient (Wildman–Crippen LogP) is 5.60. The zero-order chi connectivity index (χ0) is 21.7. The summed E-state index contributed by atoms with van der Waals surface area (Å²) in [5.74, 6) is 0.772. The highest BCUT2D eigenvalue weighted by atomic mass is 35.5. The van der Waals surface area contributed by atoms with Crippen LogP contribution in [0.3, 0.4) is 0 Å². The van der Waals surface area contributed by atoms with Gasteiger partial charge in [-0.1, -0.05) is 37.1 Å². The van der Waals surface area contributed by atoms with Crippen LogP contribution in [0.4, 0.5) is 0 Å². The fraction of sp³-hybridized carbons (Fsp3) is 0.304. The van der Waals surface area contributed by atoms with Gasteiger partial charge in [-0.15, -0.1) is 11.3 Å². The van der Waals surface area contributed by atoms with Gasteiger partial charge >= 0.3 is 0 Å². The SMILES string of the molecule is CCCc1sc(=NC(=O)c2cc(OC)cc(OC)c2)n(CC)c1-c1ccc(Cl)cc1. The maximum absolute atomic E-state index is 13.0. The standard InChI is InChI=1S/C23H25ClN2O3S/c1-5-7-20-21(15-8-10-17(24)11-9-15)26(6-2)23(30-20)25-22(27)16-12-18(28-3)14-19(13-16)29-4/h8-14H,5-7H2,1-4H3.